The van der Waals surface area contributed by atoms with Crippen LogP contribution in [0.25, 0.3) is 0 Å². The molecular formula is C24H31N3O4S. The van der Waals surface area contributed by atoms with E-state index in [4.69, 9.17) is 0 Å². The van der Waals surface area contributed by atoms with Gasteiger partial charge in [0.2, 0.25) is 21.8 Å². The molecular weight excluding hydrogens is 426 g/mol. The second-order valence-corrected chi connectivity index (χ2v) is 10.0. The molecule has 1 aliphatic heterocycles. The molecule has 0 unspecified atom stereocenters. The highest BCUT2D eigenvalue weighted by atomic mass is 32.2. The molecule has 0 fully saturated rings. The van der Waals surface area contributed by atoms with Gasteiger partial charge < -0.3 is 10.2 Å². The number of carbonyl (C=O) groups is 2. The lowest BCUT2D eigenvalue weighted by atomic mass is 10.0. The Morgan fingerprint density at radius 1 is 1.06 bits per heavy atom. The lowest BCUT2D eigenvalue weighted by Gasteiger charge is -2.22. The van der Waals surface area contributed by atoms with E-state index in [1.165, 1.54) is 6.07 Å². The van der Waals surface area contributed by atoms with Crippen LogP contribution in [0.2, 0.25) is 0 Å². The molecule has 0 spiro atoms. The highest BCUT2D eigenvalue weighted by Gasteiger charge is 2.30. The Morgan fingerprint density at radius 3 is 2.34 bits per heavy atom. The van der Waals surface area contributed by atoms with Crippen LogP contribution in [0, 0.1) is 5.92 Å². The van der Waals surface area contributed by atoms with Crippen molar-refractivity contribution >= 4 is 33.2 Å². The summed E-state index contributed by atoms with van der Waals surface area (Å²) in [4.78, 5) is 26.7. The van der Waals surface area contributed by atoms with Gasteiger partial charge in [-0.05, 0) is 60.2 Å². The van der Waals surface area contributed by atoms with E-state index < -0.39 is 22.0 Å². The number of fused-ring (bicyclic) bond motifs is 1. The van der Waals surface area contributed by atoms with Gasteiger partial charge in [0.05, 0.1) is 4.90 Å². The summed E-state index contributed by atoms with van der Waals surface area (Å²) in [6, 6.07) is 11.3. The molecule has 1 heterocycles. The number of amides is 2. The number of benzene rings is 2. The van der Waals surface area contributed by atoms with E-state index in [0.29, 0.717) is 25.1 Å². The molecule has 2 N–H and O–H groups in total. The quantitative estimate of drug-likeness (QED) is 0.634. The molecule has 2 aromatic carbocycles. The molecule has 2 amide bonds. The predicted molar refractivity (Wildman–Crippen MR) is 126 cm³/mol. The van der Waals surface area contributed by atoms with Crippen molar-refractivity contribution in [3.63, 3.8) is 0 Å². The lowest BCUT2D eigenvalue weighted by Crippen LogP contribution is -2.47. The number of rotatable bonds is 8. The summed E-state index contributed by atoms with van der Waals surface area (Å²) in [6.07, 6.45) is 1.90. The van der Waals surface area contributed by atoms with Crippen molar-refractivity contribution in [3.05, 3.63) is 53.6 Å². The van der Waals surface area contributed by atoms with Crippen LogP contribution < -0.4 is 14.9 Å². The maximum absolute atomic E-state index is 13.1. The van der Waals surface area contributed by atoms with Crippen LogP contribution in [0.1, 0.15) is 45.2 Å². The van der Waals surface area contributed by atoms with Crippen LogP contribution in [0.5, 0.6) is 0 Å². The average molecular weight is 458 g/mol. The summed E-state index contributed by atoms with van der Waals surface area (Å²) in [7, 11) is -3.93. The molecule has 1 aliphatic rings. The Balaban J connectivity index is 1.78. The molecule has 3 rings (SSSR count). The Hall–Kier alpha value is -2.71. The minimum absolute atomic E-state index is 0.0148. The molecule has 8 heteroatoms. The summed E-state index contributed by atoms with van der Waals surface area (Å²) in [5.74, 6) is -0.651. The SMILES string of the molecule is CCC(=O)N1CCc2cc(S(=O)(=O)N[C@@H](C(=O)Nc3ccc(CC)cc3)C(C)C)ccc21. The number of hydrogen-bond acceptors (Lipinski definition) is 4. The number of nitrogens with zero attached hydrogens (tertiary/aromatic N) is 1. The van der Waals surface area contributed by atoms with E-state index in [1.54, 1.807) is 37.8 Å². The first-order valence-corrected chi connectivity index (χ1v) is 12.5. The van der Waals surface area contributed by atoms with Crippen LogP contribution in [0.4, 0.5) is 11.4 Å². The molecule has 172 valence electrons. The van der Waals surface area contributed by atoms with Gasteiger partial charge in [-0.15, -0.1) is 0 Å². The molecule has 0 saturated heterocycles. The van der Waals surface area contributed by atoms with Crippen molar-refractivity contribution in [1.29, 1.82) is 0 Å². The standard InChI is InChI=1S/C24H31N3O4S/c1-5-17-7-9-19(10-8-17)25-24(29)23(16(3)4)26-32(30,31)20-11-12-21-18(15-20)13-14-27(21)22(28)6-2/h7-12,15-16,23,26H,5-6,13-14H2,1-4H3,(H,25,29)/t23-/m1/s1. The first-order valence-electron chi connectivity index (χ1n) is 11.0. The third kappa shape index (κ3) is 5.19. The number of sulfonamides is 1. The highest BCUT2D eigenvalue weighted by Crippen LogP contribution is 2.31. The van der Waals surface area contributed by atoms with Gasteiger partial charge in [-0.1, -0.05) is 39.8 Å². The second kappa shape index (κ2) is 9.83. The zero-order valence-electron chi connectivity index (χ0n) is 19.0. The van der Waals surface area contributed by atoms with Gasteiger partial charge in [0.15, 0.2) is 0 Å². The average Bonchev–Trinajstić information content (AvgIpc) is 3.20. The van der Waals surface area contributed by atoms with Gasteiger partial charge >= 0.3 is 0 Å². The maximum Gasteiger partial charge on any atom is 0.242 e. The Morgan fingerprint density at radius 2 is 1.75 bits per heavy atom. The summed E-state index contributed by atoms with van der Waals surface area (Å²) in [6.45, 7) is 7.99. The largest absolute Gasteiger partial charge is 0.325 e. The Labute approximate surface area is 190 Å². The third-order valence-corrected chi connectivity index (χ3v) is 7.16. The molecule has 0 radical (unpaired) electrons. The molecule has 1 atom stereocenters. The first-order chi connectivity index (χ1) is 15.2. The smallest absolute Gasteiger partial charge is 0.242 e. The number of aryl methyl sites for hydroxylation is 1. The summed E-state index contributed by atoms with van der Waals surface area (Å²) < 4.78 is 28.7. The molecule has 32 heavy (non-hydrogen) atoms. The normalized spacial score (nSPS) is 14.3. The van der Waals surface area contributed by atoms with Crippen molar-refractivity contribution in [1.82, 2.24) is 4.72 Å². The van der Waals surface area contributed by atoms with Crippen LogP contribution >= 0.6 is 0 Å². The first kappa shape index (κ1) is 23.9. The minimum atomic E-state index is -3.93. The van der Waals surface area contributed by atoms with Gasteiger partial charge in [0.1, 0.15) is 6.04 Å². The number of carbonyl (C=O) groups excluding carboxylic acids is 2. The number of anilines is 2. The van der Waals surface area contributed by atoms with E-state index >= 15 is 0 Å². The van der Waals surface area contributed by atoms with Gasteiger partial charge in [-0.3, -0.25) is 9.59 Å². The van der Waals surface area contributed by atoms with Gasteiger partial charge in [0.25, 0.3) is 0 Å². The fourth-order valence-corrected chi connectivity index (χ4v) is 5.16. The fraction of sp³-hybridized carbons (Fsp3) is 0.417. The molecule has 0 saturated carbocycles. The van der Waals surface area contributed by atoms with Crippen LogP contribution in [-0.2, 0) is 32.5 Å². The number of hydrogen-bond donors (Lipinski definition) is 2. The Kier molecular flexibility index (Phi) is 7.36. The van der Waals surface area contributed by atoms with E-state index in [2.05, 4.69) is 17.0 Å². The summed E-state index contributed by atoms with van der Waals surface area (Å²) >= 11 is 0. The van der Waals surface area contributed by atoms with Crippen molar-refractivity contribution in [2.75, 3.05) is 16.8 Å². The van der Waals surface area contributed by atoms with Crippen LogP contribution in [0.3, 0.4) is 0 Å². The zero-order chi connectivity index (χ0) is 23.5. The summed E-state index contributed by atoms with van der Waals surface area (Å²) in [5, 5.41) is 2.81. The zero-order valence-corrected chi connectivity index (χ0v) is 19.8. The van der Waals surface area contributed by atoms with Crippen molar-refractivity contribution in [3.8, 4) is 0 Å². The number of nitrogens with one attached hydrogen (secondary N) is 2. The minimum Gasteiger partial charge on any atom is -0.325 e. The van der Waals surface area contributed by atoms with Crippen molar-refractivity contribution in [2.45, 2.75) is 57.9 Å². The van der Waals surface area contributed by atoms with Gasteiger partial charge in [0, 0.05) is 24.3 Å². The maximum atomic E-state index is 13.1. The van der Waals surface area contributed by atoms with E-state index in [1.807, 2.05) is 24.3 Å². The lowest BCUT2D eigenvalue weighted by molar-refractivity contribution is -0.119. The molecule has 0 bridgehead atoms. The monoisotopic (exact) mass is 457 g/mol. The highest BCUT2D eigenvalue weighted by molar-refractivity contribution is 7.89. The van der Waals surface area contributed by atoms with Crippen molar-refractivity contribution in [2.24, 2.45) is 5.92 Å². The summed E-state index contributed by atoms with van der Waals surface area (Å²) in [5.41, 5.74) is 3.34. The molecule has 0 aromatic heterocycles. The van der Waals surface area contributed by atoms with E-state index in [9.17, 15) is 18.0 Å². The topological polar surface area (TPSA) is 95.6 Å². The van der Waals surface area contributed by atoms with E-state index in [0.717, 1.165) is 23.2 Å². The van der Waals surface area contributed by atoms with Crippen LogP contribution in [0.15, 0.2) is 47.4 Å². The molecule has 0 aliphatic carbocycles. The molecule has 7 nitrogen and oxygen atoms in total. The second-order valence-electron chi connectivity index (χ2n) is 8.32. The van der Waals surface area contributed by atoms with Gasteiger partial charge in [-0.2, -0.15) is 4.72 Å². The predicted octanol–water partition coefficient (Wildman–Crippen LogP) is 3.49. The molecule has 2 aromatic rings. The van der Waals surface area contributed by atoms with Crippen LogP contribution in [-0.4, -0.2) is 32.8 Å². The van der Waals surface area contributed by atoms with Gasteiger partial charge in [-0.25, -0.2) is 8.42 Å². The van der Waals surface area contributed by atoms with E-state index in [-0.39, 0.29) is 16.7 Å². The third-order valence-electron chi connectivity index (χ3n) is 5.72. The Bertz CT molecular complexity index is 1090. The fourth-order valence-electron chi connectivity index (χ4n) is 3.77. The van der Waals surface area contributed by atoms with Crippen molar-refractivity contribution < 1.29 is 18.0 Å².